The van der Waals surface area contributed by atoms with Gasteiger partial charge < -0.3 is 4.57 Å². The van der Waals surface area contributed by atoms with Gasteiger partial charge in [0.05, 0.1) is 22.1 Å². The van der Waals surface area contributed by atoms with Crippen LogP contribution in [0.15, 0.2) is 188 Å². The Labute approximate surface area is 311 Å². The SMILES string of the molecule is c1ccc(-c2cccc(-c3nc(-c4ccccc4)nc(-n4c5ccc(-n6c7ccccc7c7ccccc76)cc5c5c6ccccc6ccc54)n3)c2)cc1. The predicted molar refractivity (Wildman–Crippen MR) is 222 cm³/mol. The van der Waals surface area contributed by atoms with E-state index in [4.69, 9.17) is 15.0 Å². The van der Waals surface area contributed by atoms with E-state index in [1.807, 2.05) is 24.3 Å². The summed E-state index contributed by atoms with van der Waals surface area (Å²) in [6.45, 7) is 0. The van der Waals surface area contributed by atoms with E-state index < -0.39 is 0 Å². The maximum Gasteiger partial charge on any atom is 0.238 e. The van der Waals surface area contributed by atoms with Crippen LogP contribution in [0.5, 0.6) is 0 Å². The summed E-state index contributed by atoms with van der Waals surface area (Å²) < 4.78 is 4.60. The van der Waals surface area contributed by atoms with E-state index in [0.717, 1.165) is 44.4 Å². The third-order valence-electron chi connectivity index (χ3n) is 10.6. The molecule has 5 heteroatoms. The van der Waals surface area contributed by atoms with Gasteiger partial charge in [-0.05, 0) is 64.4 Å². The molecule has 3 aromatic heterocycles. The second-order valence-electron chi connectivity index (χ2n) is 13.7. The topological polar surface area (TPSA) is 48.5 Å². The lowest BCUT2D eigenvalue weighted by Gasteiger charge is -2.12. The Balaban J connectivity index is 1.20. The number of fused-ring (bicyclic) bond motifs is 8. The van der Waals surface area contributed by atoms with E-state index in [1.54, 1.807) is 0 Å². The van der Waals surface area contributed by atoms with Crippen molar-refractivity contribution in [2.45, 2.75) is 0 Å². The normalized spacial score (nSPS) is 11.7. The number of aromatic nitrogens is 5. The van der Waals surface area contributed by atoms with Gasteiger partial charge in [-0.3, -0.25) is 4.57 Å². The third kappa shape index (κ3) is 4.76. The van der Waals surface area contributed by atoms with Crippen LogP contribution in [0.1, 0.15) is 0 Å². The van der Waals surface area contributed by atoms with Crippen LogP contribution in [0.25, 0.3) is 99.9 Å². The first-order valence-electron chi connectivity index (χ1n) is 18.2. The summed E-state index contributed by atoms with van der Waals surface area (Å²) >= 11 is 0. The van der Waals surface area contributed by atoms with Crippen molar-refractivity contribution in [1.82, 2.24) is 24.1 Å². The Morgan fingerprint density at radius 1 is 0.315 bits per heavy atom. The van der Waals surface area contributed by atoms with Crippen molar-refractivity contribution in [3.63, 3.8) is 0 Å². The maximum absolute atomic E-state index is 5.28. The Hall–Kier alpha value is -7.37. The zero-order valence-corrected chi connectivity index (χ0v) is 29.1. The minimum atomic E-state index is 0.573. The van der Waals surface area contributed by atoms with Gasteiger partial charge in [0.1, 0.15) is 0 Å². The molecule has 0 atom stereocenters. The van der Waals surface area contributed by atoms with E-state index in [-0.39, 0.29) is 0 Å². The van der Waals surface area contributed by atoms with Crippen molar-refractivity contribution < 1.29 is 0 Å². The molecule has 0 saturated carbocycles. The third-order valence-corrected chi connectivity index (χ3v) is 10.6. The van der Waals surface area contributed by atoms with E-state index >= 15 is 0 Å². The fraction of sp³-hybridized carbons (Fsp3) is 0. The Kier molecular flexibility index (Phi) is 6.79. The first-order chi connectivity index (χ1) is 26.8. The number of hydrogen-bond donors (Lipinski definition) is 0. The fourth-order valence-electron chi connectivity index (χ4n) is 8.11. The number of nitrogens with zero attached hydrogens (tertiary/aromatic N) is 5. The molecule has 0 saturated heterocycles. The van der Waals surface area contributed by atoms with E-state index in [9.17, 15) is 0 Å². The number of hydrogen-bond acceptors (Lipinski definition) is 3. The van der Waals surface area contributed by atoms with Gasteiger partial charge in [0.2, 0.25) is 5.95 Å². The summed E-state index contributed by atoms with van der Waals surface area (Å²) in [6, 6.07) is 66.2. The lowest BCUT2D eigenvalue weighted by Crippen LogP contribution is -2.06. The molecule has 0 unspecified atom stereocenters. The maximum atomic E-state index is 5.28. The van der Waals surface area contributed by atoms with Gasteiger partial charge in [0.25, 0.3) is 0 Å². The van der Waals surface area contributed by atoms with Crippen molar-refractivity contribution in [2.24, 2.45) is 0 Å². The molecule has 11 aromatic rings. The standard InChI is InChI=1S/C49H31N5/c1-3-14-32(15-4-1)35-19-13-20-36(30-35)48-50-47(34-17-5-2-6-18-34)51-49(52-48)54-44-29-27-37(31-41(44)46-38-21-8-7-16-33(38)26-28-45(46)54)53-42-24-11-9-22-39(42)40-23-10-12-25-43(40)53/h1-31H. The summed E-state index contributed by atoms with van der Waals surface area (Å²) in [6.07, 6.45) is 0. The highest BCUT2D eigenvalue weighted by Gasteiger charge is 2.21. The van der Waals surface area contributed by atoms with Gasteiger partial charge in [0.15, 0.2) is 11.6 Å². The van der Waals surface area contributed by atoms with Crippen LogP contribution < -0.4 is 0 Å². The van der Waals surface area contributed by atoms with Gasteiger partial charge >= 0.3 is 0 Å². The second-order valence-corrected chi connectivity index (χ2v) is 13.7. The highest BCUT2D eigenvalue weighted by atomic mass is 15.2. The van der Waals surface area contributed by atoms with Crippen LogP contribution >= 0.6 is 0 Å². The molecule has 54 heavy (non-hydrogen) atoms. The minimum Gasteiger partial charge on any atom is -0.309 e. The van der Waals surface area contributed by atoms with Crippen LogP contribution in [-0.2, 0) is 0 Å². The van der Waals surface area contributed by atoms with Crippen LogP contribution in [0, 0.1) is 0 Å². The van der Waals surface area contributed by atoms with Crippen molar-refractivity contribution in [2.75, 3.05) is 0 Å². The molecule has 0 aliphatic rings. The molecule has 3 heterocycles. The average molecular weight is 690 g/mol. The quantitative estimate of drug-likeness (QED) is 0.181. The highest BCUT2D eigenvalue weighted by molar-refractivity contribution is 6.21. The molecule has 0 radical (unpaired) electrons. The monoisotopic (exact) mass is 689 g/mol. The van der Waals surface area contributed by atoms with Crippen molar-refractivity contribution in [3.8, 4) is 45.5 Å². The van der Waals surface area contributed by atoms with Crippen LogP contribution in [-0.4, -0.2) is 24.1 Å². The molecular formula is C49H31N5. The molecule has 5 nitrogen and oxygen atoms in total. The largest absolute Gasteiger partial charge is 0.309 e. The summed E-state index contributed by atoms with van der Waals surface area (Å²) in [5.74, 6) is 1.82. The number of rotatable bonds is 5. The smallest absolute Gasteiger partial charge is 0.238 e. The molecule has 0 fully saturated rings. The summed E-state index contributed by atoms with van der Waals surface area (Å²) in [7, 11) is 0. The molecular weight excluding hydrogens is 659 g/mol. The average Bonchev–Trinajstić information content (AvgIpc) is 3.77. The molecule has 11 rings (SSSR count). The molecule has 0 aliphatic carbocycles. The van der Waals surface area contributed by atoms with E-state index in [1.165, 1.54) is 38.0 Å². The summed E-state index contributed by atoms with van der Waals surface area (Å²) in [5.41, 5.74) is 9.64. The van der Waals surface area contributed by atoms with Crippen LogP contribution in [0.3, 0.4) is 0 Å². The van der Waals surface area contributed by atoms with Gasteiger partial charge in [-0.2, -0.15) is 9.97 Å². The molecule has 8 aromatic carbocycles. The summed E-state index contributed by atoms with van der Waals surface area (Å²) in [4.78, 5) is 15.6. The Morgan fingerprint density at radius 3 is 1.61 bits per heavy atom. The number of para-hydroxylation sites is 2. The van der Waals surface area contributed by atoms with Crippen molar-refractivity contribution >= 4 is 54.4 Å². The first kappa shape index (κ1) is 30.3. The van der Waals surface area contributed by atoms with Crippen LogP contribution in [0.4, 0.5) is 0 Å². The highest BCUT2D eigenvalue weighted by Crippen LogP contribution is 2.40. The molecule has 0 bridgehead atoms. The minimum absolute atomic E-state index is 0.573. The van der Waals surface area contributed by atoms with Gasteiger partial charge in [0, 0.05) is 38.4 Å². The zero-order valence-electron chi connectivity index (χ0n) is 29.1. The van der Waals surface area contributed by atoms with Crippen LogP contribution in [0.2, 0.25) is 0 Å². The van der Waals surface area contributed by atoms with Gasteiger partial charge in [-0.25, -0.2) is 4.98 Å². The molecule has 0 amide bonds. The van der Waals surface area contributed by atoms with Gasteiger partial charge in [-0.1, -0.05) is 146 Å². The molecule has 0 spiro atoms. The fourth-order valence-corrected chi connectivity index (χ4v) is 8.11. The van der Waals surface area contributed by atoms with Crippen molar-refractivity contribution in [3.05, 3.63) is 188 Å². The molecule has 252 valence electrons. The van der Waals surface area contributed by atoms with Gasteiger partial charge in [-0.15, -0.1) is 0 Å². The second kappa shape index (κ2) is 12.1. The van der Waals surface area contributed by atoms with E-state index in [2.05, 4.69) is 173 Å². The number of benzene rings is 8. The predicted octanol–water partition coefficient (Wildman–Crippen LogP) is 12.2. The lowest BCUT2D eigenvalue weighted by atomic mass is 10.0. The van der Waals surface area contributed by atoms with Crippen molar-refractivity contribution in [1.29, 1.82) is 0 Å². The Morgan fingerprint density at radius 2 is 0.870 bits per heavy atom. The zero-order chi connectivity index (χ0) is 35.6. The Bertz CT molecular complexity index is 3160. The van der Waals surface area contributed by atoms with E-state index in [0.29, 0.717) is 17.6 Å². The molecule has 0 aliphatic heterocycles. The summed E-state index contributed by atoms with van der Waals surface area (Å²) in [5, 5.41) is 7.15. The lowest BCUT2D eigenvalue weighted by molar-refractivity contribution is 0.953. The first-order valence-corrected chi connectivity index (χ1v) is 18.2. The molecule has 0 N–H and O–H groups in total.